The Hall–Kier alpha value is -1.99. The average molecular weight is 357 g/mol. The van der Waals surface area contributed by atoms with Gasteiger partial charge in [0, 0.05) is 22.1 Å². The smallest absolute Gasteiger partial charge is 0.268 e. The van der Waals surface area contributed by atoms with Crippen molar-refractivity contribution in [2.24, 2.45) is 11.7 Å². The fourth-order valence-electron chi connectivity index (χ4n) is 3.92. The van der Waals surface area contributed by atoms with E-state index in [1.165, 1.54) is 24.2 Å². The van der Waals surface area contributed by atoms with Crippen LogP contribution in [0.3, 0.4) is 0 Å². The molecule has 2 atom stereocenters. The van der Waals surface area contributed by atoms with E-state index in [1.807, 2.05) is 13.0 Å². The largest absolute Gasteiger partial charge is 0.330 e. The summed E-state index contributed by atoms with van der Waals surface area (Å²) in [6.07, 6.45) is 7.44. The molecule has 0 bridgehead atoms. The molecule has 1 fully saturated rings. The van der Waals surface area contributed by atoms with E-state index in [1.54, 1.807) is 6.20 Å². The molecule has 0 spiro atoms. The summed E-state index contributed by atoms with van der Waals surface area (Å²) in [7, 11) is 0. The lowest BCUT2D eigenvalue weighted by molar-refractivity contribution is 0.302. The van der Waals surface area contributed by atoms with Crippen molar-refractivity contribution in [3.8, 4) is 10.4 Å². The Morgan fingerprint density at radius 2 is 2.28 bits per heavy atom. The van der Waals surface area contributed by atoms with E-state index in [-0.39, 0.29) is 5.56 Å². The van der Waals surface area contributed by atoms with Crippen molar-refractivity contribution in [3.63, 3.8) is 0 Å². The molecule has 7 heteroatoms. The first kappa shape index (κ1) is 16.5. The molecule has 4 rings (SSSR count). The number of nitrogens with zero attached hydrogens (tertiary/aromatic N) is 2. The summed E-state index contributed by atoms with van der Waals surface area (Å²) in [5.41, 5.74) is 8.52. The van der Waals surface area contributed by atoms with Gasteiger partial charge in [-0.2, -0.15) is 5.10 Å². The Morgan fingerprint density at radius 3 is 3.04 bits per heavy atom. The minimum absolute atomic E-state index is 0.0293. The molecule has 0 amide bonds. The van der Waals surface area contributed by atoms with Gasteiger partial charge in [0.15, 0.2) is 0 Å². The Bertz CT molecular complexity index is 938. The number of hydrogen-bond acceptors (Lipinski definition) is 5. The maximum absolute atomic E-state index is 12.6. The van der Waals surface area contributed by atoms with Gasteiger partial charge >= 0.3 is 0 Å². The zero-order chi connectivity index (χ0) is 17.4. The van der Waals surface area contributed by atoms with Gasteiger partial charge in [0.05, 0.1) is 11.7 Å². The Labute approximate surface area is 149 Å². The number of aryl methyl sites for hydroxylation is 1. The number of thiophene rings is 1. The van der Waals surface area contributed by atoms with Crippen LogP contribution in [0.1, 0.15) is 49.5 Å². The van der Waals surface area contributed by atoms with E-state index in [0.717, 1.165) is 53.3 Å². The Morgan fingerprint density at radius 1 is 1.40 bits per heavy atom. The number of nitrogens with two attached hydrogens (primary N) is 1. The van der Waals surface area contributed by atoms with Crippen LogP contribution >= 0.6 is 11.3 Å². The molecule has 0 radical (unpaired) electrons. The molecule has 0 aromatic carbocycles. The number of nitrogens with one attached hydrogen (secondary N) is 2. The number of hydrogen-bond donors (Lipinski definition) is 3. The van der Waals surface area contributed by atoms with Gasteiger partial charge in [0.1, 0.15) is 10.5 Å². The third kappa shape index (κ3) is 3.14. The minimum Gasteiger partial charge on any atom is -0.330 e. The molecule has 1 saturated carbocycles. The monoisotopic (exact) mass is 357 g/mol. The van der Waals surface area contributed by atoms with Gasteiger partial charge in [-0.15, -0.1) is 11.3 Å². The van der Waals surface area contributed by atoms with Crippen LogP contribution in [0.4, 0.5) is 0 Å². The van der Waals surface area contributed by atoms with Gasteiger partial charge in [0.2, 0.25) is 0 Å². The molecule has 6 nitrogen and oxygen atoms in total. The van der Waals surface area contributed by atoms with Crippen LogP contribution in [0.15, 0.2) is 17.1 Å². The van der Waals surface area contributed by atoms with Gasteiger partial charge in [-0.05, 0) is 44.7 Å². The zero-order valence-corrected chi connectivity index (χ0v) is 15.2. The second-order valence-corrected chi connectivity index (χ2v) is 8.04. The lowest BCUT2D eigenvalue weighted by atomic mass is 9.79. The lowest BCUT2D eigenvalue weighted by Crippen LogP contribution is -2.21. The number of fused-ring (bicyclic) bond motifs is 1. The molecule has 3 aromatic rings. The second kappa shape index (κ2) is 6.72. The molecular formula is C18H23N5OS. The molecule has 25 heavy (non-hydrogen) atoms. The molecule has 132 valence electrons. The van der Waals surface area contributed by atoms with Crippen molar-refractivity contribution < 1.29 is 0 Å². The lowest BCUT2D eigenvalue weighted by Gasteiger charge is -2.28. The highest BCUT2D eigenvalue weighted by molar-refractivity contribution is 7.22. The van der Waals surface area contributed by atoms with Crippen molar-refractivity contribution >= 4 is 21.6 Å². The van der Waals surface area contributed by atoms with Gasteiger partial charge in [-0.3, -0.25) is 9.89 Å². The molecule has 3 heterocycles. The summed E-state index contributed by atoms with van der Waals surface area (Å²) in [6.45, 7) is 2.72. The minimum atomic E-state index is -0.0293. The SMILES string of the molecule is Cc1[nH]ncc1-c1cc2nc(C3CCCC(CCN)C3)[nH]c(=O)c2s1. The van der Waals surface area contributed by atoms with Crippen molar-refractivity contribution in [2.45, 2.75) is 44.9 Å². The van der Waals surface area contributed by atoms with Crippen molar-refractivity contribution in [3.05, 3.63) is 34.1 Å². The van der Waals surface area contributed by atoms with Crippen LogP contribution in [0, 0.1) is 12.8 Å². The van der Waals surface area contributed by atoms with Crippen molar-refractivity contribution in [1.82, 2.24) is 20.2 Å². The number of rotatable bonds is 4. The average Bonchev–Trinajstić information content (AvgIpc) is 3.21. The maximum atomic E-state index is 12.6. The predicted molar refractivity (Wildman–Crippen MR) is 101 cm³/mol. The molecule has 0 saturated heterocycles. The quantitative estimate of drug-likeness (QED) is 0.667. The first-order chi connectivity index (χ1) is 12.2. The van der Waals surface area contributed by atoms with Crippen molar-refractivity contribution in [1.29, 1.82) is 0 Å². The Balaban J connectivity index is 1.70. The van der Waals surface area contributed by atoms with Gasteiger partial charge in [-0.1, -0.05) is 12.8 Å². The molecular weight excluding hydrogens is 334 g/mol. The molecule has 0 aliphatic heterocycles. The summed E-state index contributed by atoms with van der Waals surface area (Å²) in [4.78, 5) is 21.5. The highest BCUT2D eigenvalue weighted by Gasteiger charge is 2.25. The molecule has 4 N–H and O–H groups in total. The first-order valence-corrected chi connectivity index (χ1v) is 9.71. The van der Waals surface area contributed by atoms with Crippen LogP contribution in [-0.2, 0) is 0 Å². The summed E-state index contributed by atoms with van der Waals surface area (Å²) in [5.74, 6) is 1.82. The third-order valence-corrected chi connectivity index (χ3v) is 6.40. The van der Waals surface area contributed by atoms with Crippen LogP contribution < -0.4 is 11.3 Å². The topological polar surface area (TPSA) is 100 Å². The van der Waals surface area contributed by atoms with E-state index in [4.69, 9.17) is 10.7 Å². The predicted octanol–water partition coefficient (Wildman–Crippen LogP) is 3.31. The number of H-pyrrole nitrogens is 2. The summed E-state index contributed by atoms with van der Waals surface area (Å²) < 4.78 is 0.689. The second-order valence-electron chi connectivity index (χ2n) is 6.99. The van der Waals surface area contributed by atoms with E-state index in [9.17, 15) is 4.79 Å². The van der Waals surface area contributed by atoms with E-state index in [2.05, 4.69) is 15.2 Å². The van der Waals surface area contributed by atoms with Crippen LogP contribution in [0.2, 0.25) is 0 Å². The van der Waals surface area contributed by atoms with E-state index in [0.29, 0.717) is 16.5 Å². The first-order valence-electron chi connectivity index (χ1n) is 8.90. The number of aromatic amines is 2. The van der Waals surface area contributed by atoms with Gasteiger partial charge < -0.3 is 10.7 Å². The highest BCUT2D eigenvalue weighted by atomic mass is 32.1. The van der Waals surface area contributed by atoms with E-state index < -0.39 is 0 Å². The van der Waals surface area contributed by atoms with E-state index >= 15 is 0 Å². The molecule has 2 unspecified atom stereocenters. The zero-order valence-electron chi connectivity index (χ0n) is 14.3. The van der Waals surface area contributed by atoms with Crippen LogP contribution in [-0.4, -0.2) is 26.7 Å². The fraction of sp³-hybridized carbons (Fsp3) is 0.500. The number of aromatic nitrogens is 4. The van der Waals surface area contributed by atoms with Crippen LogP contribution in [0.25, 0.3) is 20.7 Å². The maximum Gasteiger partial charge on any atom is 0.268 e. The normalized spacial score (nSPS) is 21.0. The molecule has 3 aromatic heterocycles. The molecule has 1 aliphatic carbocycles. The van der Waals surface area contributed by atoms with Gasteiger partial charge in [-0.25, -0.2) is 4.98 Å². The highest BCUT2D eigenvalue weighted by Crippen LogP contribution is 2.37. The summed E-state index contributed by atoms with van der Waals surface area (Å²) in [6, 6.07) is 2.01. The summed E-state index contributed by atoms with van der Waals surface area (Å²) in [5, 5.41) is 7.02. The Kier molecular flexibility index (Phi) is 4.43. The van der Waals surface area contributed by atoms with Gasteiger partial charge in [0.25, 0.3) is 5.56 Å². The standard InChI is InChI=1S/C18H23N5OS/c1-10-13(9-20-23-10)15-8-14-16(25-15)18(24)22-17(21-14)12-4-2-3-11(7-12)5-6-19/h8-9,11-12H,2-7,19H2,1H3,(H,20,23)(H,21,22,24). The third-order valence-electron chi connectivity index (χ3n) is 5.24. The van der Waals surface area contributed by atoms with Crippen molar-refractivity contribution in [2.75, 3.05) is 6.54 Å². The fourth-order valence-corrected chi connectivity index (χ4v) is 4.98. The van der Waals surface area contributed by atoms with Crippen LogP contribution in [0.5, 0.6) is 0 Å². The summed E-state index contributed by atoms with van der Waals surface area (Å²) >= 11 is 1.48. The molecule has 1 aliphatic rings.